The van der Waals surface area contributed by atoms with E-state index in [-0.39, 0.29) is 48.4 Å². The van der Waals surface area contributed by atoms with Crippen LogP contribution in [0.15, 0.2) is 0 Å². The van der Waals surface area contributed by atoms with Gasteiger partial charge in [0.1, 0.15) is 0 Å². The number of hydrogen-bond donors (Lipinski definition) is 0. The number of nitrogens with zero attached hydrogens (tertiary/aromatic N) is 1. The van der Waals surface area contributed by atoms with E-state index in [1.54, 1.807) is 6.92 Å². The number of carbonyl (C=O) groups is 2. The molecular weight excluding hydrogens is 248 g/mol. The quantitative estimate of drug-likeness (QED) is 0.450. The smallest absolute Gasteiger partial charge is 0.548 e. The Morgan fingerprint density at radius 3 is 2.39 bits per heavy atom. The third kappa shape index (κ3) is 9.85. The Kier molecular flexibility index (Phi) is 13.4. The van der Waals surface area contributed by atoms with Crippen molar-refractivity contribution in [3.05, 3.63) is 0 Å². The zero-order valence-electron chi connectivity index (χ0n) is 11.6. The largest absolute Gasteiger partial charge is 1.00 e. The molecule has 0 N–H and O–H groups in total. The molecule has 0 bridgehead atoms. The number of alkyl halides is 1. The molecule has 1 atom stereocenters. The van der Waals surface area contributed by atoms with Crippen LogP contribution in [0.3, 0.4) is 0 Å². The van der Waals surface area contributed by atoms with E-state index in [0.29, 0.717) is 32.2 Å². The summed E-state index contributed by atoms with van der Waals surface area (Å²) in [5.74, 6) is -1.50. The summed E-state index contributed by atoms with van der Waals surface area (Å²) in [6, 6.07) is 0. The van der Waals surface area contributed by atoms with Crippen LogP contribution < -0.4 is 34.7 Å². The average Bonchev–Trinajstić information content (AvgIpc) is 2.27. The molecule has 0 aromatic carbocycles. The van der Waals surface area contributed by atoms with Crippen LogP contribution in [0.25, 0.3) is 0 Å². The van der Waals surface area contributed by atoms with Crippen molar-refractivity contribution in [3.63, 3.8) is 0 Å². The molecule has 0 aromatic rings. The van der Waals surface area contributed by atoms with E-state index in [4.69, 9.17) is 0 Å². The Labute approximate surface area is 130 Å². The maximum atomic E-state index is 12.9. The van der Waals surface area contributed by atoms with Crippen LogP contribution in [0.2, 0.25) is 0 Å². The molecule has 0 fully saturated rings. The van der Waals surface area contributed by atoms with Crippen LogP contribution in [-0.4, -0.2) is 36.0 Å². The second-order valence-corrected chi connectivity index (χ2v) is 4.09. The second-order valence-electron chi connectivity index (χ2n) is 4.09. The van der Waals surface area contributed by atoms with Crippen molar-refractivity contribution in [2.45, 2.75) is 52.1 Å². The summed E-state index contributed by atoms with van der Waals surface area (Å²) >= 11 is 0. The number of rotatable bonds is 9. The van der Waals surface area contributed by atoms with Crippen molar-refractivity contribution in [2.75, 3.05) is 13.1 Å². The van der Waals surface area contributed by atoms with Crippen molar-refractivity contribution in [2.24, 2.45) is 0 Å². The molecule has 0 rings (SSSR count). The molecule has 0 saturated heterocycles. The van der Waals surface area contributed by atoms with Gasteiger partial charge >= 0.3 is 29.6 Å². The van der Waals surface area contributed by atoms with Crippen molar-refractivity contribution in [1.29, 1.82) is 0 Å². The Morgan fingerprint density at radius 1 is 1.33 bits per heavy atom. The molecule has 0 radical (unpaired) electrons. The number of carboxylic acid groups (broad SMARTS) is 1. The Balaban J connectivity index is 0. The zero-order valence-corrected chi connectivity index (χ0v) is 13.6. The van der Waals surface area contributed by atoms with Gasteiger partial charge in [0.15, 0.2) is 0 Å². The third-order valence-corrected chi connectivity index (χ3v) is 2.52. The van der Waals surface area contributed by atoms with E-state index in [1.165, 1.54) is 4.90 Å². The third-order valence-electron chi connectivity index (χ3n) is 2.52. The number of carbonyl (C=O) groups excluding carboxylic acids is 2. The number of carboxylic acids is 1. The molecule has 6 heteroatoms. The molecule has 0 saturated carbocycles. The molecule has 4 nitrogen and oxygen atoms in total. The molecule has 0 aromatic heterocycles. The maximum absolute atomic E-state index is 12.9. The van der Waals surface area contributed by atoms with E-state index in [0.717, 1.165) is 0 Å². The van der Waals surface area contributed by atoms with Gasteiger partial charge in [-0.05, 0) is 25.7 Å². The van der Waals surface area contributed by atoms with Crippen LogP contribution in [0.5, 0.6) is 0 Å². The molecule has 0 spiro atoms. The monoisotopic (exact) mass is 269 g/mol. The minimum Gasteiger partial charge on any atom is -0.548 e. The van der Waals surface area contributed by atoms with Gasteiger partial charge in [-0.3, -0.25) is 4.79 Å². The van der Waals surface area contributed by atoms with E-state index in [2.05, 4.69) is 0 Å². The summed E-state index contributed by atoms with van der Waals surface area (Å²) < 4.78 is 12.9. The molecular formula is C12H21FNNaO3. The minimum absolute atomic E-state index is 0. The van der Waals surface area contributed by atoms with Gasteiger partial charge in [0.25, 0.3) is 0 Å². The first-order valence-electron chi connectivity index (χ1n) is 6.12. The fourth-order valence-electron chi connectivity index (χ4n) is 1.55. The predicted octanol–water partition coefficient (Wildman–Crippen LogP) is -2.10. The number of amides is 1. The molecule has 100 valence electrons. The van der Waals surface area contributed by atoms with Gasteiger partial charge in [0.05, 0.1) is 18.7 Å². The fraction of sp³-hybridized carbons (Fsp3) is 0.833. The molecule has 0 aliphatic rings. The summed E-state index contributed by atoms with van der Waals surface area (Å²) in [5, 5.41) is 10.5. The first kappa shape index (κ1) is 20.2. The average molecular weight is 269 g/mol. The molecule has 0 aliphatic heterocycles. The summed E-state index contributed by atoms with van der Waals surface area (Å²) in [4.78, 5) is 23.4. The van der Waals surface area contributed by atoms with Crippen molar-refractivity contribution in [3.8, 4) is 0 Å². The van der Waals surface area contributed by atoms with E-state index in [9.17, 15) is 19.1 Å². The SMILES string of the molecule is CCCN(CC(=O)[O-])C(=O)CCCC(F)CC.[Na+]. The summed E-state index contributed by atoms with van der Waals surface area (Å²) in [6.45, 7) is 3.65. The maximum Gasteiger partial charge on any atom is 1.00 e. The van der Waals surface area contributed by atoms with Gasteiger partial charge in [-0.15, -0.1) is 0 Å². The van der Waals surface area contributed by atoms with Gasteiger partial charge in [-0.25, -0.2) is 4.39 Å². The molecule has 1 amide bonds. The number of aliphatic carboxylic acids is 1. The standard InChI is InChI=1S/C12H22FNO3.Na/c1-3-8-14(9-12(16)17)11(15)7-5-6-10(13)4-2;/h10H,3-9H2,1-2H3,(H,16,17);/q;+1/p-1. The topological polar surface area (TPSA) is 60.4 Å². The van der Waals surface area contributed by atoms with E-state index < -0.39 is 12.1 Å². The van der Waals surface area contributed by atoms with Crippen molar-refractivity contribution in [1.82, 2.24) is 4.90 Å². The van der Waals surface area contributed by atoms with E-state index >= 15 is 0 Å². The van der Waals surface area contributed by atoms with Crippen LogP contribution in [0, 0.1) is 0 Å². The summed E-state index contributed by atoms with van der Waals surface area (Å²) in [6.07, 6.45) is 1.29. The zero-order chi connectivity index (χ0) is 13.3. The van der Waals surface area contributed by atoms with Crippen LogP contribution in [0.4, 0.5) is 4.39 Å². The number of hydrogen-bond acceptors (Lipinski definition) is 3. The van der Waals surface area contributed by atoms with Gasteiger partial charge in [-0.1, -0.05) is 13.8 Å². The van der Waals surface area contributed by atoms with Crippen LogP contribution in [0.1, 0.15) is 46.0 Å². The van der Waals surface area contributed by atoms with Crippen molar-refractivity contribution >= 4 is 11.9 Å². The Hall–Kier alpha value is -0.130. The van der Waals surface area contributed by atoms with Gasteiger partial charge in [0, 0.05) is 13.0 Å². The van der Waals surface area contributed by atoms with E-state index in [1.807, 2.05) is 6.92 Å². The molecule has 0 aliphatic carbocycles. The molecule has 0 heterocycles. The van der Waals surface area contributed by atoms with Crippen LogP contribution in [-0.2, 0) is 9.59 Å². The Bertz CT molecular complexity index is 251. The van der Waals surface area contributed by atoms with Gasteiger partial charge < -0.3 is 14.8 Å². The first-order valence-corrected chi connectivity index (χ1v) is 6.12. The predicted molar refractivity (Wildman–Crippen MR) is 60.9 cm³/mol. The molecule has 1 unspecified atom stereocenters. The minimum atomic E-state index is -1.26. The fourth-order valence-corrected chi connectivity index (χ4v) is 1.55. The summed E-state index contributed by atoms with van der Waals surface area (Å²) in [7, 11) is 0. The molecule has 18 heavy (non-hydrogen) atoms. The van der Waals surface area contributed by atoms with Crippen LogP contribution >= 0.6 is 0 Å². The number of halogens is 1. The van der Waals surface area contributed by atoms with Gasteiger partial charge in [-0.2, -0.15) is 0 Å². The Morgan fingerprint density at radius 2 is 1.94 bits per heavy atom. The van der Waals surface area contributed by atoms with Gasteiger partial charge in [0.2, 0.25) is 5.91 Å². The summed E-state index contributed by atoms with van der Waals surface area (Å²) in [5.41, 5.74) is 0. The normalized spacial score (nSPS) is 11.5. The first-order chi connectivity index (χ1) is 8.01. The van der Waals surface area contributed by atoms with Crippen molar-refractivity contribution < 1.29 is 48.6 Å². The second kappa shape index (κ2) is 11.9.